The van der Waals surface area contributed by atoms with Crippen molar-refractivity contribution in [2.75, 3.05) is 37.7 Å². The van der Waals surface area contributed by atoms with E-state index in [4.69, 9.17) is 9.47 Å². The molecule has 1 aliphatic rings. The Hall–Kier alpha value is -2.83. The van der Waals surface area contributed by atoms with Gasteiger partial charge < -0.3 is 19.7 Å². The highest BCUT2D eigenvalue weighted by Gasteiger charge is 2.20. The van der Waals surface area contributed by atoms with E-state index in [-0.39, 0.29) is 12.5 Å². The number of ether oxygens (including phenoxy) is 2. The molecule has 1 saturated heterocycles. The Labute approximate surface area is 159 Å². The third-order valence-corrected chi connectivity index (χ3v) is 4.58. The number of piperidine rings is 1. The van der Waals surface area contributed by atoms with E-state index < -0.39 is 0 Å². The second-order valence-electron chi connectivity index (χ2n) is 6.49. The van der Waals surface area contributed by atoms with E-state index >= 15 is 0 Å². The van der Waals surface area contributed by atoms with Crippen LogP contribution in [0.1, 0.15) is 19.8 Å². The summed E-state index contributed by atoms with van der Waals surface area (Å²) in [6.45, 7) is 5.13. The Kier molecular flexibility index (Phi) is 6.84. The van der Waals surface area contributed by atoms with E-state index in [1.165, 1.54) is 0 Å². The van der Waals surface area contributed by atoms with E-state index in [1.807, 2.05) is 19.1 Å². The molecule has 1 aliphatic heterocycles. The lowest BCUT2D eigenvalue weighted by atomic mass is 9.97. The van der Waals surface area contributed by atoms with Gasteiger partial charge in [0.25, 0.3) is 5.91 Å². The van der Waals surface area contributed by atoms with Gasteiger partial charge in [-0.05, 0) is 49.9 Å². The van der Waals surface area contributed by atoms with E-state index in [1.54, 1.807) is 30.7 Å². The summed E-state index contributed by atoms with van der Waals surface area (Å²) in [5, 5.41) is 2.97. The van der Waals surface area contributed by atoms with Crippen molar-refractivity contribution in [1.82, 2.24) is 15.3 Å². The highest BCUT2D eigenvalue weighted by atomic mass is 16.5. The SMILES string of the molecule is CCOc1ccc(OCC(=O)NCC2CCN(c3cnccn3)CC2)cc1. The maximum Gasteiger partial charge on any atom is 0.257 e. The van der Waals surface area contributed by atoms with Gasteiger partial charge in [-0.25, -0.2) is 4.98 Å². The molecule has 2 aromatic rings. The number of aromatic nitrogens is 2. The molecule has 7 nitrogen and oxygen atoms in total. The molecule has 0 atom stereocenters. The third-order valence-electron chi connectivity index (χ3n) is 4.58. The molecule has 0 aliphatic carbocycles. The smallest absolute Gasteiger partial charge is 0.257 e. The molecule has 2 heterocycles. The number of anilines is 1. The van der Waals surface area contributed by atoms with Crippen LogP contribution in [0.3, 0.4) is 0 Å². The van der Waals surface area contributed by atoms with Gasteiger partial charge in [0.05, 0.1) is 12.8 Å². The second kappa shape index (κ2) is 9.75. The average Bonchev–Trinajstić information content (AvgIpc) is 2.73. The van der Waals surface area contributed by atoms with Crippen LogP contribution in [-0.4, -0.2) is 48.7 Å². The average molecular weight is 370 g/mol. The van der Waals surface area contributed by atoms with Gasteiger partial charge in [0.15, 0.2) is 6.61 Å². The largest absolute Gasteiger partial charge is 0.494 e. The summed E-state index contributed by atoms with van der Waals surface area (Å²) in [5.74, 6) is 2.75. The fourth-order valence-corrected chi connectivity index (χ4v) is 3.08. The fraction of sp³-hybridized carbons (Fsp3) is 0.450. The van der Waals surface area contributed by atoms with E-state index in [0.717, 1.165) is 37.5 Å². The molecule has 7 heteroatoms. The molecule has 3 rings (SSSR count). The number of carbonyl (C=O) groups is 1. The van der Waals surface area contributed by atoms with Crippen molar-refractivity contribution in [3.05, 3.63) is 42.9 Å². The second-order valence-corrected chi connectivity index (χ2v) is 6.49. The molecule has 0 bridgehead atoms. The van der Waals surface area contributed by atoms with E-state index in [0.29, 0.717) is 24.8 Å². The lowest BCUT2D eigenvalue weighted by Gasteiger charge is -2.32. The summed E-state index contributed by atoms with van der Waals surface area (Å²) in [5.41, 5.74) is 0. The molecule has 0 radical (unpaired) electrons. The zero-order chi connectivity index (χ0) is 18.9. The molecule has 1 N–H and O–H groups in total. The minimum Gasteiger partial charge on any atom is -0.494 e. The van der Waals surface area contributed by atoms with Crippen LogP contribution in [0.15, 0.2) is 42.9 Å². The first-order valence-corrected chi connectivity index (χ1v) is 9.38. The number of amides is 1. The summed E-state index contributed by atoms with van der Waals surface area (Å²) in [6, 6.07) is 7.28. The Balaban J connectivity index is 1.34. The lowest BCUT2D eigenvalue weighted by molar-refractivity contribution is -0.123. The van der Waals surface area contributed by atoms with Gasteiger partial charge in [0.2, 0.25) is 0 Å². The molecule has 1 aromatic heterocycles. The van der Waals surface area contributed by atoms with Crippen molar-refractivity contribution in [2.24, 2.45) is 5.92 Å². The number of nitrogens with one attached hydrogen (secondary N) is 1. The molecule has 0 spiro atoms. The predicted octanol–water partition coefficient (Wildman–Crippen LogP) is 2.29. The summed E-state index contributed by atoms with van der Waals surface area (Å²) in [4.78, 5) is 22.7. The monoisotopic (exact) mass is 370 g/mol. The van der Waals surface area contributed by atoms with Crippen molar-refractivity contribution in [2.45, 2.75) is 19.8 Å². The Morgan fingerprint density at radius 3 is 2.48 bits per heavy atom. The molecule has 0 saturated carbocycles. The lowest BCUT2D eigenvalue weighted by Crippen LogP contribution is -2.40. The van der Waals surface area contributed by atoms with Crippen molar-refractivity contribution in [1.29, 1.82) is 0 Å². The molecule has 144 valence electrons. The quantitative estimate of drug-likeness (QED) is 0.768. The van der Waals surface area contributed by atoms with Crippen LogP contribution in [-0.2, 0) is 4.79 Å². The van der Waals surface area contributed by atoms with E-state index in [9.17, 15) is 4.79 Å². The number of nitrogens with zero attached hydrogens (tertiary/aromatic N) is 3. The van der Waals surface area contributed by atoms with Crippen LogP contribution in [0.25, 0.3) is 0 Å². The first-order chi connectivity index (χ1) is 13.2. The van der Waals surface area contributed by atoms with Crippen LogP contribution in [0.4, 0.5) is 5.82 Å². The van der Waals surface area contributed by atoms with Gasteiger partial charge in [-0.15, -0.1) is 0 Å². The van der Waals surface area contributed by atoms with Gasteiger partial charge in [-0.1, -0.05) is 0 Å². The molecule has 1 amide bonds. The maximum atomic E-state index is 12.0. The highest BCUT2D eigenvalue weighted by Crippen LogP contribution is 2.20. The minimum atomic E-state index is -0.0970. The molecular weight excluding hydrogens is 344 g/mol. The summed E-state index contributed by atoms with van der Waals surface area (Å²) in [7, 11) is 0. The summed E-state index contributed by atoms with van der Waals surface area (Å²) in [6.07, 6.45) is 7.24. The van der Waals surface area contributed by atoms with Gasteiger partial charge in [0.1, 0.15) is 17.3 Å². The fourth-order valence-electron chi connectivity index (χ4n) is 3.08. The summed E-state index contributed by atoms with van der Waals surface area (Å²) >= 11 is 0. The minimum absolute atomic E-state index is 0.0203. The normalized spacial score (nSPS) is 14.6. The number of carbonyl (C=O) groups excluding carboxylic acids is 1. The molecule has 1 fully saturated rings. The van der Waals surface area contributed by atoms with Gasteiger partial charge in [0, 0.05) is 32.0 Å². The van der Waals surface area contributed by atoms with Crippen LogP contribution >= 0.6 is 0 Å². The van der Waals surface area contributed by atoms with Crippen molar-refractivity contribution in [3.63, 3.8) is 0 Å². The number of hydrogen-bond donors (Lipinski definition) is 1. The molecule has 27 heavy (non-hydrogen) atoms. The topological polar surface area (TPSA) is 76.6 Å². The first-order valence-electron chi connectivity index (χ1n) is 9.38. The number of rotatable bonds is 8. The Morgan fingerprint density at radius 1 is 1.15 bits per heavy atom. The summed E-state index contributed by atoms with van der Waals surface area (Å²) < 4.78 is 10.9. The number of benzene rings is 1. The van der Waals surface area contributed by atoms with Crippen LogP contribution < -0.4 is 19.7 Å². The highest BCUT2D eigenvalue weighted by molar-refractivity contribution is 5.77. The Morgan fingerprint density at radius 2 is 1.85 bits per heavy atom. The van der Waals surface area contributed by atoms with Crippen molar-refractivity contribution in [3.8, 4) is 11.5 Å². The van der Waals surface area contributed by atoms with E-state index in [2.05, 4.69) is 20.2 Å². The van der Waals surface area contributed by atoms with Crippen LogP contribution in [0.2, 0.25) is 0 Å². The number of hydrogen-bond acceptors (Lipinski definition) is 6. The third kappa shape index (κ3) is 5.84. The van der Waals surface area contributed by atoms with Crippen LogP contribution in [0, 0.1) is 5.92 Å². The molecule has 0 unspecified atom stereocenters. The maximum absolute atomic E-state index is 12.0. The van der Waals surface area contributed by atoms with Crippen LogP contribution in [0.5, 0.6) is 11.5 Å². The zero-order valence-corrected chi connectivity index (χ0v) is 15.6. The molecule has 1 aromatic carbocycles. The van der Waals surface area contributed by atoms with Crippen molar-refractivity contribution < 1.29 is 14.3 Å². The standard InChI is InChI=1S/C20H26N4O3/c1-2-26-17-3-5-18(6-4-17)27-15-20(25)23-13-16-7-11-24(12-8-16)19-14-21-9-10-22-19/h3-6,9-10,14,16H,2,7-8,11-13,15H2,1H3,(H,23,25). The van der Waals surface area contributed by atoms with Gasteiger partial charge in [-0.2, -0.15) is 0 Å². The van der Waals surface area contributed by atoms with Gasteiger partial charge >= 0.3 is 0 Å². The predicted molar refractivity (Wildman–Crippen MR) is 103 cm³/mol. The zero-order valence-electron chi connectivity index (χ0n) is 15.6. The van der Waals surface area contributed by atoms with Crippen molar-refractivity contribution >= 4 is 11.7 Å². The first kappa shape index (κ1) is 18.9. The molecular formula is C20H26N4O3. The van der Waals surface area contributed by atoms with Gasteiger partial charge in [-0.3, -0.25) is 9.78 Å². The Bertz CT molecular complexity index is 701.